The number of anilines is 1. The van der Waals surface area contributed by atoms with Crippen LogP contribution in [0.3, 0.4) is 0 Å². The molecule has 0 amide bonds. The van der Waals surface area contributed by atoms with Gasteiger partial charge in [0, 0.05) is 10.3 Å². The van der Waals surface area contributed by atoms with Crippen molar-refractivity contribution < 1.29 is 8.42 Å². The first-order valence-electron chi connectivity index (χ1n) is 9.12. The quantitative estimate of drug-likeness (QED) is 0.353. The first-order valence-corrected chi connectivity index (χ1v) is 13.5. The van der Waals surface area contributed by atoms with E-state index in [-0.39, 0.29) is 14.9 Å². The number of hydrogen-bond acceptors (Lipinski definition) is 8. The summed E-state index contributed by atoms with van der Waals surface area (Å²) in [5, 5.41) is 9.06. The number of nitrogens with zero attached hydrogens (tertiary/aromatic N) is 3. The minimum Gasteiger partial charge on any atom is -0.294 e. The molecule has 0 saturated heterocycles. The van der Waals surface area contributed by atoms with Gasteiger partial charge in [0.1, 0.15) is 0 Å². The van der Waals surface area contributed by atoms with E-state index >= 15 is 0 Å². The van der Waals surface area contributed by atoms with Crippen molar-refractivity contribution in [2.24, 2.45) is 0 Å². The largest absolute Gasteiger partial charge is 0.308 e. The van der Waals surface area contributed by atoms with Crippen molar-refractivity contribution >= 4 is 71.4 Å². The molecule has 31 heavy (non-hydrogen) atoms. The molecule has 0 saturated carbocycles. The van der Waals surface area contributed by atoms with Gasteiger partial charge in [0.05, 0.1) is 21.7 Å². The van der Waals surface area contributed by atoms with E-state index in [1.807, 2.05) is 26.0 Å². The van der Waals surface area contributed by atoms with Crippen LogP contribution in [0, 0.1) is 0 Å². The molecular formula is C19H17ClN4O3S4. The van der Waals surface area contributed by atoms with Gasteiger partial charge < -0.3 is 0 Å². The zero-order chi connectivity index (χ0) is 22.2. The maximum Gasteiger partial charge on any atom is 0.308 e. The number of nitrogens with one attached hydrogen (secondary N) is 1. The summed E-state index contributed by atoms with van der Waals surface area (Å²) in [6, 6.07) is 11.9. The van der Waals surface area contributed by atoms with Crippen LogP contribution in [-0.4, -0.2) is 28.4 Å². The molecule has 0 bridgehead atoms. The Morgan fingerprint density at radius 1 is 1.13 bits per heavy atom. The molecule has 0 radical (unpaired) electrons. The molecule has 4 rings (SSSR count). The molecule has 162 valence electrons. The summed E-state index contributed by atoms with van der Waals surface area (Å²) in [5.74, 6) is 0. The average Bonchev–Trinajstić information content (AvgIpc) is 3.25. The van der Waals surface area contributed by atoms with Crippen molar-refractivity contribution in [1.29, 1.82) is 0 Å². The Balaban J connectivity index is 1.61. The average molecular weight is 513 g/mol. The summed E-state index contributed by atoms with van der Waals surface area (Å²) >= 11 is 9.63. The number of thiazole rings is 1. The van der Waals surface area contributed by atoms with Crippen LogP contribution >= 0.6 is 46.0 Å². The highest BCUT2D eigenvalue weighted by Crippen LogP contribution is 2.30. The van der Waals surface area contributed by atoms with E-state index in [1.165, 1.54) is 35.2 Å². The number of benzene rings is 2. The molecule has 1 N–H and O–H groups in total. The number of thioether (sulfide) groups is 1. The molecule has 0 fully saturated rings. The van der Waals surface area contributed by atoms with Crippen molar-refractivity contribution in [2.45, 2.75) is 34.9 Å². The van der Waals surface area contributed by atoms with Crippen LogP contribution in [0.4, 0.5) is 5.13 Å². The third-order valence-corrected chi connectivity index (χ3v) is 8.76. The van der Waals surface area contributed by atoms with E-state index in [2.05, 4.69) is 14.9 Å². The first kappa shape index (κ1) is 22.3. The van der Waals surface area contributed by atoms with Crippen molar-refractivity contribution in [1.82, 2.24) is 14.8 Å². The van der Waals surface area contributed by atoms with Crippen LogP contribution in [0.25, 0.3) is 10.2 Å². The van der Waals surface area contributed by atoms with E-state index < -0.39 is 10.0 Å². The normalized spacial score (nSPS) is 12.0. The standard InChI is InChI=1S/C19H17ClN4O3S4/c1-11(2)28-18-22-21-17(30-18)23-31(26,27)14-7-8-15-16(9-14)29-19(25)24(15)10-12-3-5-13(20)6-4-12/h3-9,11H,10H2,1-2H3,(H,21,23). The van der Waals surface area contributed by atoms with Crippen LogP contribution in [0.2, 0.25) is 5.02 Å². The van der Waals surface area contributed by atoms with Gasteiger partial charge in [0.25, 0.3) is 10.0 Å². The minimum atomic E-state index is -3.86. The van der Waals surface area contributed by atoms with Gasteiger partial charge >= 0.3 is 4.87 Å². The van der Waals surface area contributed by atoms with Crippen molar-refractivity contribution in [3.05, 3.63) is 62.7 Å². The Labute approximate surface area is 196 Å². The molecule has 0 unspecified atom stereocenters. The van der Waals surface area contributed by atoms with Gasteiger partial charge in [-0.1, -0.05) is 72.0 Å². The fourth-order valence-corrected chi connectivity index (χ4v) is 7.17. The monoisotopic (exact) mass is 512 g/mol. The Bertz CT molecular complexity index is 1390. The molecule has 0 aliphatic carbocycles. The van der Waals surface area contributed by atoms with Gasteiger partial charge in [-0.3, -0.25) is 14.1 Å². The Morgan fingerprint density at radius 3 is 2.58 bits per heavy atom. The molecule has 0 atom stereocenters. The molecule has 0 aliphatic heterocycles. The van der Waals surface area contributed by atoms with Crippen molar-refractivity contribution in [2.75, 3.05) is 4.72 Å². The molecule has 0 spiro atoms. The second kappa shape index (κ2) is 8.91. The van der Waals surface area contributed by atoms with Crippen molar-refractivity contribution in [3.63, 3.8) is 0 Å². The number of sulfonamides is 1. The topological polar surface area (TPSA) is 94.0 Å². The summed E-state index contributed by atoms with van der Waals surface area (Å²) in [4.78, 5) is 12.4. The Morgan fingerprint density at radius 2 is 1.87 bits per heavy atom. The Hall–Kier alpha value is -1.92. The molecule has 4 aromatic rings. The summed E-state index contributed by atoms with van der Waals surface area (Å²) in [6.45, 7) is 4.42. The molecule has 12 heteroatoms. The molecular weight excluding hydrogens is 496 g/mol. The third kappa shape index (κ3) is 5.12. The van der Waals surface area contributed by atoms with E-state index in [4.69, 9.17) is 11.6 Å². The zero-order valence-electron chi connectivity index (χ0n) is 16.4. The van der Waals surface area contributed by atoms with Crippen LogP contribution < -0.4 is 9.60 Å². The van der Waals surface area contributed by atoms with Gasteiger partial charge in [-0.2, -0.15) is 0 Å². The van der Waals surface area contributed by atoms with Gasteiger partial charge in [0.2, 0.25) is 5.13 Å². The number of halogens is 1. The predicted molar refractivity (Wildman–Crippen MR) is 128 cm³/mol. The summed E-state index contributed by atoms with van der Waals surface area (Å²) in [7, 11) is -3.86. The number of rotatable bonds is 7. The highest BCUT2D eigenvalue weighted by Gasteiger charge is 2.19. The van der Waals surface area contributed by atoms with E-state index in [1.54, 1.807) is 22.8 Å². The number of hydrogen-bond donors (Lipinski definition) is 1. The maximum absolute atomic E-state index is 12.8. The van der Waals surface area contributed by atoms with E-state index in [0.717, 1.165) is 16.9 Å². The van der Waals surface area contributed by atoms with Crippen LogP contribution in [0.15, 0.2) is 56.5 Å². The third-order valence-electron chi connectivity index (χ3n) is 4.17. The van der Waals surface area contributed by atoms with Crippen molar-refractivity contribution in [3.8, 4) is 0 Å². The van der Waals surface area contributed by atoms with E-state index in [0.29, 0.717) is 31.4 Å². The van der Waals surface area contributed by atoms with Gasteiger partial charge in [-0.15, -0.1) is 10.2 Å². The molecule has 2 aromatic heterocycles. The van der Waals surface area contributed by atoms with E-state index in [9.17, 15) is 13.2 Å². The lowest BCUT2D eigenvalue weighted by Gasteiger charge is -2.07. The number of aromatic nitrogens is 3. The van der Waals surface area contributed by atoms with Crippen LogP contribution in [-0.2, 0) is 16.6 Å². The zero-order valence-corrected chi connectivity index (χ0v) is 20.4. The fraction of sp³-hybridized carbons (Fsp3) is 0.211. The van der Waals surface area contributed by atoms with Crippen LogP contribution in [0.5, 0.6) is 0 Å². The lowest BCUT2D eigenvalue weighted by atomic mass is 10.2. The molecule has 0 aliphatic rings. The fourth-order valence-electron chi connectivity index (χ4n) is 2.81. The SMILES string of the molecule is CC(C)Sc1nnc(NS(=O)(=O)c2ccc3c(c2)sc(=O)n3Cc2ccc(Cl)cc2)s1. The molecule has 7 nitrogen and oxygen atoms in total. The summed E-state index contributed by atoms with van der Waals surface area (Å²) < 4.78 is 31.0. The van der Waals surface area contributed by atoms with Crippen LogP contribution in [0.1, 0.15) is 19.4 Å². The lowest BCUT2D eigenvalue weighted by molar-refractivity contribution is 0.601. The van der Waals surface area contributed by atoms with Gasteiger partial charge in [0.15, 0.2) is 4.34 Å². The lowest BCUT2D eigenvalue weighted by Crippen LogP contribution is -2.14. The number of fused-ring (bicyclic) bond motifs is 1. The highest BCUT2D eigenvalue weighted by molar-refractivity contribution is 8.01. The molecule has 2 aromatic carbocycles. The summed E-state index contributed by atoms with van der Waals surface area (Å²) in [6.07, 6.45) is 0. The summed E-state index contributed by atoms with van der Waals surface area (Å²) in [5.41, 5.74) is 1.60. The minimum absolute atomic E-state index is 0.0631. The maximum atomic E-state index is 12.8. The Kier molecular flexibility index (Phi) is 6.40. The smallest absolute Gasteiger partial charge is 0.294 e. The second-order valence-corrected chi connectivity index (χ2v) is 12.8. The predicted octanol–water partition coefficient (Wildman–Crippen LogP) is 4.92. The first-order chi connectivity index (χ1) is 14.7. The highest BCUT2D eigenvalue weighted by atomic mass is 35.5. The second-order valence-electron chi connectivity index (χ2n) is 6.86. The molecule has 2 heterocycles. The van der Waals surface area contributed by atoms with Gasteiger partial charge in [-0.25, -0.2) is 8.42 Å². The van der Waals surface area contributed by atoms with Gasteiger partial charge in [-0.05, 0) is 35.9 Å².